The normalized spacial score (nSPS) is 18.7. The van der Waals surface area contributed by atoms with Gasteiger partial charge in [-0.1, -0.05) is 31.2 Å². The molecule has 1 aliphatic rings. The number of fused-ring (bicyclic) bond motifs is 1. The van der Waals surface area contributed by atoms with Crippen LogP contribution in [-0.4, -0.2) is 6.54 Å². The molecule has 1 aliphatic carbocycles. The Labute approximate surface area is 119 Å². The van der Waals surface area contributed by atoms with Crippen molar-refractivity contribution in [1.29, 1.82) is 0 Å². The molecule has 1 nitrogen and oxygen atoms in total. The number of rotatable bonds is 6. The van der Waals surface area contributed by atoms with Gasteiger partial charge in [0, 0.05) is 6.04 Å². The fourth-order valence-corrected chi connectivity index (χ4v) is 3.70. The molecule has 0 saturated heterocycles. The van der Waals surface area contributed by atoms with Gasteiger partial charge in [-0.3, -0.25) is 0 Å². The van der Waals surface area contributed by atoms with Gasteiger partial charge in [0.1, 0.15) is 0 Å². The molecule has 1 aromatic carbocycles. The van der Waals surface area contributed by atoms with Crippen LogP contribution in [-0.2, 0) is 6.42 Å². The molecule has 0 fully saturated rings. The maximum atomic E-state index is 3.71. The lowest BCUT2D eigenvalue weighted by atomic mass is 9.74. The minimum Gasteiger partial charge on any atom is -0.310 e. The van der Waals surface area contributed by atoms with Crippen molar-refractivity contribution in [2.75, 3.05) is 6.54 Å². The maximum absolute atomic E-state index is 3.71. The third kappa shape index (κ3) is 2.75. The molecule has 100 valence electrons. The Morgan fingerprint density at radius 3 is 2.95 bits per heavy atom. The van der Waals surface area contributed by atoms with Crippen LogP contribution in [0.5, 0.6) is 0 Å². The molecule has 0 radical (unpaired) electrons. The van der Waals surface area contributed by atoms with Gasteiger partial charge >= 0.3 is 0 Å². The first-order chi connectivity index (χ1) is 9.38. The molecule has 2 atom stereocenters. The Balaban J connectivity index is 1.69. The minimum atomic E-state index is 0.518. The summed E-state index contributed by atoms with van der Waals surface area (Å²) in [5.41, 5.74) is 4.58. The van der Waals surface area contributed by atoms with E-state index in [4.69, 9.17) is 0 Å². The molecule has 2 aromatic rings. The molecule has 19 heavy (non-hydrogen) atoms. The molecule has 2 unspecified atom stereocenters. The molecule has 0 spiro atoms. The van der Waals surface area contributed by atoms with Gasteiger partial charge in [-0.15, -0.1) is 0 Å². The summed E-state index contributed by atoms with van der Waals surface area (Å²) in [5, 5.41) is 8.18. The largest absolute Gasteiger partial charge is 0.310 e. The van der Waals surface area contributed by atoms with Gasteiger partial charge in [-0.05, 0) is 65.2 Å². The van der Waals surface area contributed by atoms with E-state index in [9.17, 15) is 0 Å². The van der Waals surface area contributed by atoms with Crippen molar-refractivity contribution in [3.63, 3.8) is 0 Å². The van der Waals surface area contributed by atoms with Gasteiger partial charge in [0.25, 0.3) is 0 Å². The lowest BCUT2D eigenvalue weighted by Crippen LogP contribution is -2.27. The summed E-state index contributed by atoms with van der Waals surface area (Å²) in [5.74, 6) is 0.741. The second-order valence-corrected chi connectivity index (χ2v) is 6.18. The zero-order valence-corrected chi connectivity index (χ0v) is 12.2. The first-order valence-electron chi connectivity index (χ1n) is 7.21. The van der Waals surface area contributed by atoms with E-state index in [0.29, 0.717) is 6.04 Å². The van der Waals surface area contributed by atoms with Gasteiger partial charge < -0.3 is 5.32 Å². The summed E-state index contributed by atoms with van der Waals surface area (Å²) in [6.07, 6.45) is 3.68. The topological polar surface area (TPSA) is 12.0 Å². The van der Waals surface area contributed by atoms with Gasteiger partial charge in [0.05, 0.1) is 0 Å². The zero-order valence-electron chi connectivity index (χ0n) is 11.4. The predicted octanol–water partition coefficient (Wildman–Crippen LogP) is 4.52. The summed E-state index contributed by atoms with van der Waals surface area (Å²) in [6.45, 7) is 3.34. The van der Waals surface area contributed by atoms with Crippen molar-refractivity contribution < 1.29 is 0 Å². The van der Waals surface area contributed by atoms with Gasteiger partial charge in [-0.25, -0.2) is 0 Å². The molecule has 0 bridgehead atoms. The Morgan fingerprint density at radius 1 is 1.32 bits per heavy atom. The van der Waals surface area contributed by atoms with Gasteiger partial charge in [-0.2, -0.15) is 11.3 Å². The SMILES string of the molecule is CCCNC(CC1Cc2ccccc21)c1ccsc1. The van der Waals surface area contributed by atoms with E-state index >= 15 is 0 Å². The Bertz CT molecular complexity index is 518. The monoisotopic (exact) mass is 271 g/mol. The van der Waals surface area contributed by atoms with Crippen LogP contribution in [0, 0.1) is 0 Å². The Kier molecular flexibility index (Phi) is 4.00. The molecule has 3 rings (SSSR count). The molecule has 0 aliphatic heterocycles. The smallest absolute Gasteiger partial charge is 0.0334 e. The fraction of sp³-hybridized carbons (Fsp3) is 0.412. The molecule has 0 amide bonds. The standard InChI is InChI=1S/C17H21NS/c1-2-8-18-17(14-7-9-19-12-14)11-15-10-13-5-3-4-6-16(13)15/h3-7,9,12,15,17-18H,2,8,10-11H2,1H3. The second-order valence-electron chi connectivity index (χ2n) is 5.40. The highest BCUT2D eigenvalue weighted by molar-refractivity contribution is 7.07. The molecule has 0 saturated carbocycles. The van der Waals surface area contributed by atoms with Crippen molar-refractivity contribution in [2.45, 2.75) is 38.1 Å². The maximum Gasteiger partial charge on any atom is 0.0334 e. The molecular formula is C17H21NS. The first-order valence-corrected chi connectivity index (χ1v) is 8.16. The average molecular weight is 271 g/mol. The van der Waals surface area contributed by atoms with E-state index in [0.717, 1.165) is 12.5 Å². The zero-order chi connectivity index (χ0) is 13.1. The number of nitrogens with one attached hydrogen (secondary N) is 1. The highest BCUT2D eigenvalue weighted by atomic mass is 32.1. The lowest BCUT2D eigenvalue weighted by Gasteiger charge is -2.33. The van der Waals surface area contributed by atoms with Crippen LogP contribution in [0.25, 0.3) is 0 Å². The van der Waals surface area contributed by atoms with Crippen LogP contribution >= 0.6 is 11.3 Å². The van der Waals surface area contributed by atoms with Crippen LogP contribution in [0.4, 0.5) is 0 Å². The van der Waals surface area contributed by atoms with E-state index < -0.39 is 0 Å². The third-order valence-electron chi connectivity index (χ3n) is 4.07. The number of thiophene rings is 1. The molecule has 2 heteroatoms. The van der Waals surface area contributed by atoms with Crippen molar-refractivity contribution in [3.8, 4) is 0 Å². The third-order valence-corrected chi connectivity index (χ3v) is 4.77. The summed E-state index contributed by atoms with van der Waals surface area (Å²) < 4.78 is 0. The van der Waals surface area contributed by atoms with Crippen LogP contribution in [0.1, 0.15) is 48.4 Å². The van der Waals surface area contributed by atoms with Crippen molar-refractivity contribution in [1.82, 2.24) is 5.32 Å². The quantitative estimate of drug-likeness (QED) is 0.814. The van der Waals surface area contributed by atoms with Crippen molar-refractivity contribution >= 4 is 11.3 Å². The second kappa shape index (κ2) is 5.89. The highest BCUT2D eigenvalue weighted by Crippen LogP contribution is 2.40. The van der Waals surface area contributed by atoms with Gasteiger partial charge in [0.15, 0.2) is 0 Å². The summed E-state index contributed by atoms with van der Waals surface area (Å²) >= 11 is 1.80. The van der Waals surface area contributed by atoms with E-state index in [2.05, 4.69) is 53.3 Å². The molecule has 1 aromatic heterocycles. The highest BCUT2D eigenvalue weighted by Gasteiger charge is 2.28. The Hall–Kier alpha value is -1.12. The summed E-state index contributed by atoms with van der Waals surface area (Å²) in [7, 11) is 0. The molecule has 1 heterocycles. The number of hydrogen-bond donors (Lipinski definition) is 1. The Morgan fingerprint density at radius 2 is 2.21 bits per heavy atom. The fourth-order valence-electron chi connectivity index (χ4n) is 2.99. The van der Waals surface area contributed by atoms with Gasteiger partial charge in [0.2, 0.25) is 0 Å². The predicted molar refractivity (Wildman–Crippen MR) is 82.9 cm³/mol. The van der Waals surface area contributed by atoms with Crippen LogP contribution in [0.15, 0.2) is 41.1 Å². The van der Waals surface area contributed by atoms with Crippen molar-refractivity contribution in [3.05, 3.63) is 57.8 Å². The van der Waals surface area contributed by atoms with E-state index in [1.54, 1.807) is 22.5 Å². The summed E-state index contributed by atoms with van der Waals surface area (Å²) in [6, 6.07) is 11.7. The minimum absolute atomic E-state index is 0.518. The van der Waals surface area contributed by atoms with E-state index in [-0.39, 0.29) is 0 Å². The van der Waals surface area contributed by atoms with Crippen LogP contribution < -0.4 is 5.32 Å². The molecule has 1 N–H and O–H groups in total. The van der Waals surface area contributed by atoms with E-state index in [1.807, 2.05) is 0 Å². The van der Waals surface area contributed by atoms with E-state index in [1.165, 1.54) is 24.8 Å². The first kappa shape index (κ1) is 12.9. The summed E-state index contributed by atoms with van der Waals surface area (Å²) in [4.78, 5) is 0. The average Bonchev–Trinajstić information content (AvgIpc) is 2.93. The number of hydrogen-bond acceptors (Lipinski definition) is 2. The van der Waals surface area contributed by atoms with Crippen LogP contribution in [0.2, 0.25) is 0 Å². The van der Waals surface area contributed by atoms with Crippen molar-refractivity contribution in [2.24, 2.45) is 0 Å². The van der Waals surface area contributed by atoms with Crippen LogP contribution in [0.3, 0.4) is 0 Å². The lowest BCUT2D eigenvalue weighted by molar-refractivity contribution is 0.429. The molecular weight excluding hydrogens is 250 g/mol. The number of benzene rings is 1.